The lowest BCUT2D eigenvalue weighted by Gasteiger charge is -2.31. The van der Waals surface area contributed by atoms with Crippen LogP contribution in [0.4, 0.5) is 15.8 Å². The Morgan fingerprint density at radius 3 is 2.72 bits per heavy atom. The maximum Gasteiger partial charge on any atom is 0.163 e. The molecule has 0 saturated heterocycles. The number of anilines is 2. The lowest BCUT2D eigenvalue weighted by Crippen LogP contribution is -2.39. The highest BCUT2D eigenvalue weighted by Crippen LogP contribution is 2.37. The first-order valence-corrected chi connectivity index (χ1v) is 7.78. The second-order valence-corrected chi connectivity index (χ2v) is 5.88. The van der Waals surface area contributed by atoms with Gasteiger partial charge < -0.3 is 11.1 Å². The van der Waals surface area contributed by atoms with Crippen LogP contribution in [0.15, 0.2) is 65.8 Å². The number of halogens is 1. The normalized spacial score (nSPS) is 18.5. The fourth-order valence-electron chi connectivity index (χ4n) is 2.99. The summed E-state index contributed by atoms with van der Waals surface area (Å²) in [5, 5.41) is 3.07. The summed E-state index contributed by atoms with van der Waals surface area (Å²) < 4.78 is 14.1. The minimum atomic E-state index is -1.13. The molecule has 2 aromatic carbocycles. The molecule has 2 heterocycles. The zero-order chi connectivity index (χ0) is 17.4. The number of fused-ring (bicyclic) bond motifs is 1. The summed E-state index contributed by atoms with van der Waals surface area (Å²) in [7, 11) is 0. The molecule has 0 saturated carbocycles. The molecular formula is C19H16FN5. The van der Waals surface area contributed by atoms with E-state index in [4.69, 9.17) is 11.5 Å². The van der Waals surface area contributed by atoms with Gasteiger partial charge in [0.2, 0.25) is 0 Å². The van der Waals surface area contributed by atoms with Gasteiger partial charge in [-0.2, -0.15) is 0 Å². The summed E-state index contributed by atoms with van der Waals surface area (Å²) in [6, 6.07) is 15.5. The summed E-state index contributed by atoms with van der Waals surface area (Å²) in [6.45, 7) is 0. The number of hydrogen-bond acceptors (Lipinski definition) is 5. The van der Waals surface area contributed by atoms with Crippen LogP contribution in [0.3, 0.4) is 0 Å². The minimum absolute atomic E-state index is 0.336. The molecule has 0 amide bonds. The van der Waals surface area contributed by atoms with Crippen molar-refractivity contribution < 1.29 is 4.39 Å². The Balaban J connectivity index is 1.87. The molecule has 3 aromatic rings. The lowest BCUT2D eigenvalue weighted by molar-refractivity contribution is 0.571. The fourth-order valence-corrected chi connectivity index (χ4v) is 2.99. The van der Waals surface area contributed by atoms with Crippen LogP contribution < -0.4 is 16.8 Å². The molecule has 0 radical (unpaired) electrons. The third-order valence-electron chi connectivity index (χ3n) is 4.29. The standard InChI is InChI=1S/C19H16FN5/c20-16-4-2-1-3-14(16)18-9-12(7-8-23-18)19(22)15-10-13(21)5-6-17(15)24-11-25-19/h1-11H,21-22H2,(H,24,25). The van der Waals surface area contributed by atoms with E-state index < -0.39 is 5.66 Å². The van der Waals surface area contributed by atoms with Crippen LogP contribution in [0.5, 0.6) is 0 Å². The van der Waals surface area contributed by atoms with Crippen molar-refractivity contribution in [2.24, 2.45) is 10.7 Å². The van der Waals surface area contributed by atoms with Crippen molar-refractivity contribution in [3.05, 3.63) is 77.7 Å². The van der Waals surface area contributed by atoms with E-state index in [9.17, 15) is 4.39 Å². The van der Waals surface area contributed by atoms with Crippen LogP contribution >= 0.6 is 0 Å². The van der Waals surface area contributed by atoms with E-state index in [2.05, 4.69) is 15.3 Å². The first-order valence-electron chi connectivity index (χ1n) is 7.78. The molecule has 1 aliphatic heterocycles. The smallest absolute Gasteiger partial charge is 0.163 e. The number of hydrogen-bond donors (Lipinski definition) is 3. The zero-order valence-corrected chi connectivity index (χ0v) is 13.3. The van der Waals surface area contributed by atoms with Crippen molar-refractivity contribution in [1.29, 1.82) is 0 Å². The number of rotatable bonds is 2. The molecule has 5 N–H and O–H groups in total. The predicted molar refractivity (Wildman–Crippen MR) is 97.6 cm³/mol. The Hall–Kier alpha value is -3.25. The van der Waals surface area contributed by atoms with Crippen molar-refractivity contribution in [1.82, 2.24) is 4.98 Å². The van der Waals surface area contributed by atoms with Gasteiger partial charge in [-0.15, -0.1) is 0 Å². The third kappa shape index (κ3) is 2.53. The summed E-state index contributed by atoms with van der Waals surface area (Å²) >= 11 is 0. The highest BCUT2D eigenvalue weighted by Gasteiger charge is 2.34. The van der Waals surface area contributed by atoms with Gasteiger partial charge in [0.25, 0.3) is 0 Å². The van der Waals surface area contributed by atoms with Gasteiger partial charge in [0, 0.05) is 34.3 Å². The number of nitrogens with two attached hydrogens (primary N) is 2. The van der Waals surface area contributed by atoms with Crippen molar-refractivity contribution >= 4 is 17.7 Å². The molecule has 0 aliphatic carbocycles. The molecule has 0 fully saturated rings. The third-order valence-corrected chi connectivity index (χ3v) is 4.29. The number of aromatic nitrogens is 1. The Bertz CT molecular complexity index is 985. The number of nitrogens with one attached hydrogen (secondary N) is 1. The second-order valence-electron chi connectivity index (χ2n) is 5.88. The average Bonchev–Trinajstić information content (AvgIpc) is 2.63. The highest BCUT2D eigenvalue weighted by molar-refractivity contribution is 5.83. The van der Waals surface area contributed by atoms with Gasteiger partial charge in [0.05, 0.1) is 12.0 Å². The molecule has 1 aliphatic rings. The van der Waals surface area contributed by atoms with Gasteiger partial charge in [0.1, 0.15) is 5.82 Å². The molecule has 25 heavy (non-hydrogen) atoms. The van der Waals surface area contributed by atoms with E-state index >= 15 is 0 Å². The molecular weight excluding hydrogens is 317 g/mol. The van der Waals surface area contributed by atoms with E-state index in [1.165, 1.54) is 6.07 Å². The van der Waals surface area contributed by atoms with Crippen LogP contribution in [0, 0.1) is 5.82 Å². The van der Waals surface area contributed by atoms with Crippen LogP contribution in [-0.4, -0.2) is 11.3 Å². The van der Waals surface area contributed by atoms with Crippen LogP contribution in [0.2, 0.25) is 0 Å². The first-order chi connectivity index (χ1) is 12.1. The molecule has 6 heteroatoms. The van der Waals surface area contributed by atoms with Crippen molar-refractivity contribution in [3.8, 4) is 11.3 Å². The molecule has 4 rings (SSSR count). The summed E-state index contributed by atoms with van der Waals surface area (Å²) in [4.78, 5) is 8.72. The van der Waals surface area contributed by atoms with Crippen LogP contribution in [0.1, 0.15) is 11.1 Å². The minimum Gasteiger partial charge on any atom is -0.399 e. The zero-order valence-electron chi connectivity index (χ0n) is 13.3. The maximum atomic E-state index is 14.1. The quantitative estimate of drug-likeness (QED) is 0.629. The van der Waals surface area contributed by atoms with E-state index in [0.29, 0.717) is 22.5 Å². The SMILES string of the molecule is Nc1ccc2c(c1)C(N)(c1ccnc(-c3ccccc3F)c1)N=CN2. The topological polar surface area (TPSA) is 89.3 Å². The van der Waals surface area contributed by atoms with Gasteiger partial charge in [-0.05, 0) is 42.5 Å². The molecule has 0 bridgehead atoms. The largest absolute Gasteiger partial charge is 0.399 e. The van der Waals surface area contributed by atoms with E-state index in [0.717, 1.165) is 11.3 Å². The van der Waals surface area contributed by atoms with Gasteiger partial charge in [-0.1, -0.05) is 12.1 Å². The van der Waals surface area contributed by atoms with Gasteiger partial charge in [-0.3, -0.25) is 10.7 Å². The van der Waals surface area contributed by atoms with E-state index in [-0.39, 0.29) is 5.82 Å². The number of nitrogens with zero attached hydrogens (tertiary/aromatic N) is 2. The number of benzene rings is 2. The molecule has 1 unspecified atom stereocenters. The second kappa shape index (κ2) is 5.68. The fraction of sp³-hybridized carbons (Fsp3) is 0.0526. The van der Waals surface area contributed by atoms with E-state index in [1.54, 1.807) is 55.0 Å². The van der Waals surface area contributed by atoms with Crippen LogP contribution in [-0.2, 0) is 5.66 Å². The molecule has 5 nitrogen and oxygen atoms in total. The summed E-state index contributed by atoms with van der Waals surface area (Å²) in [5.41, 5.74) is 15.2. The van der Waals surface area contributed by atoms with Gasteiger partial charge in [0.15, 0.2) is 5.66 Å². The Labute approximate surface area is 144 Å². The maximum absolute atomic E-state index is 14.1. The molecule has 1 atom stereocenters. The first kappa shape index (κ1) is 15.3. The van der Waals surface area contributed by atoms with Gasteiger partial charge in [-0.25, -0.2) is 9.38 Å². The molecule has 0 spiro atoms. The molecule has 1 aromatic heterocycles. The Kier molecular flexibility index (Phi) is 3.47. The van der Waals surface area contributed by atoms with Crippen molar-refractivity contribution in [2.75, 3.05) is 11.1 Å². The number of pyridine rings is 1. The highest BCUT2D eigenvalue weighted by atomic mass is 19.1. The van der Waals surface area contributed by atoms with E-state index in [1.807, 2.05) is 6.07 Å². The lowest BCUT2D eigenvalue weighted by atomic mass is 9.89. The predicted octanol–water partition coefficient (Wildman–Crippen LogP) is 3.08. The average molecular weight is 333 g/mol. The number of aliphatic imine (C=N–C) groups is 1. The Morgan fingerprint density at radius 1 is 1.04 bits per heavy atom. The Morgan fingerprint density at radius 2 is 1.88 bits per heavy atom. The monoisotopic (exact) mass is 333 g/mol. The van der Waals surface area contributed by atoms with Crippen LogP contribution in [0.25, 0.3) is 11.3 Å². The van der Waals surface area contributed by atoms with Gasteiger partial charge >= 0.3 is 0 Å². The summed E-state index contributed by atoms with van der Waals surface area (Å²) in [5.74, 6) is -0.336. The van der Waals surface area contributed by atoms with Crippen molar-refractivity contribution in [3.63, 3.8) is 0 Å². The number of nitrogen functional groups attached to an aromatic ring is 1. The van der Waals surface area contributed by atoms with Crippen molar-refractivity contribution in [2.45, 2.75) is 5.66 Å². The summed E-state index contributed by atoms with van der Waals surface area (Å²) in [6.07, 6.45) is 3.16. The molecule has 124 valence electrons.